The number of aromatic nitrogens is 1. The number of aromatic carboxylic acids is 1. The molecule has 0 saturated carbocycles. The molecule has 19 heavy (non-hydrogen) atoms. The van der Waals surface area contributed by atoms with Crippen LogP contribution >= 0.6 is 0 Å². The van der Waals surface area contributed by atoms with Gasteiger partial charge in [-0.25, -0.2) is 4.79 Å². The summed E-state index contributed by atoms with van der Waals surface area (Å²) in [5, 5.41) is 9.64. The molecule has 2 aromatic rings. The zero-order valence-electron chi connectivity index (χ0n) is 10.2. The van der Waals surface area contributed by atoms with Gasteiger partial charge in [0.15, 0.2) is 11.5 Å². The monoisotopic (exact) mass is 261 g/mol. The van der Waals surface area contributed by atoms with Crippen molar-refractivity contribution < 1.29 is 19.4 Å². The van der Waals surface area contributed by atoms with Crippen LogP contribution in [0.5, 0.6) is 11.5 Å². The third-order valence-corrected chi connectivity index (χ3v) is 3.14. The number of hydrogen-bond acceptors (Lipinski definition) is 4. The molecule has 1 aromatic heterocycles. The lowest BCUT2D eigenvalue weighted by Crippen LogP contribution is -2.20. The summed E-state index contributed by atoms with van der Waals surface area (Å²) in [5.41, 5.74) is 0.103. The molecule has 0 atom stereocenters. The number of rotatable bonds is 1. The number of nitrogens with zero attached hydrogens (tertiary/aromatic N) is 1. The Morgan fingerprint density at radius 2 is 1.84 bits per heavy atom. The van der Waals surface area contributed by atoms with E-state index < -0.39 is 5.97 Å². The standard InChI is InChI=1S/C13H11NO5/c1-14-9-6-11-10(18-2-3-19-11)4-7(9)8(13(16)17)5-12(14)15/h4-6H,2-3H2,1H3,(H,16,17). The lowest BCUT2D eigenvalue weighted by molar-refractivity contribution is 0.0698. The fourth-order valence-corrected chi connectivity index (χ4v) is 2.16. The van der Waals surface area contributed by atoms with Crippen LogP contribution in [0.2, 0.25) is 0 Å². The quantitative estimate of drug-likeness (QED) is 0.828. The number of ether oxygens (including phenoxy) is 2. The van der Waals surface area contributed by atoms with E-state index in [4.69, 9.17) is 9.47 Å². The fraction of sp³-hybridized carbons (Fsp3) is 0.231. The minimum absolute atomic E-state index is 0.0323. The Labute approximate surface area is 107 Å². The van der Waals surface area contributed by atoms with Crippen LogP contribution in [0, 0.1) is 0 Å². The van der Waals surface area contributed by atoms with E-state index in [2.05, 4.69) is 0 Å². The summed E-state index contributed by atoms with van der Waals surface area (Å²) in [6, 6.07) is 4.35. The second-order valence-corrected chi connectivity index (χ2v) is 4.27. The number of pyridine rings is 1. The van der Waals surface area contributed by atoms with Gasteiger partial charge in [0.2, 0.25) is 0 Å². The largest absolute Gasteiger partial charge is 0.486 e. The first-order valence-corrected chi connectivity index (χ1v) is 5.74. The van der Waals surface area contributed by atoms with Crippen molar-refractivity contribution >= 4 is 16.9 Å². The average molecular weight is 261 g/mol. The van der Waals surface area contributed by atoms with Crippen LogP contribution in [0.15, 0.2) is 23.0 Å². The minimum atomic E-state index is -1.14. The van der Waals surface area contributed by atoms with E-state index in [1.807, 2.05) is 0 Å². The second kappa shape index (κ2) is 4.01. The number of carboxylic acid groups (broad SMARTS) is 1. The van der Waals surface area contributed by atoms with Gasteiger partial charge in [-0.15, -0.1) is 0 Å². The Bertz CT molecular complexity index is 747. The number of fused-ring (bicyclic) bond motifs is 2. The highest BCUT2D eigenvalue weighted by atomic mass is 16.6. The Kier molecular flexibility index (Phi) is 2.45. The smallest absolute Gasteiger partial charge is 0.336 e. The molecule has 0 aliphatic carbocycles. The van der Waals surface area contributed by atoms with Crippen LogP contribution < -0.4 is 15.0 Å². The van der Waals surface area contributed by atoms with Crippen LogP contribution in [-0.2, 0) is 7.05 Å². The molecule has 6 heteroatoms. The highest BCUT2D eigenvalue weighted by Gasteiger charge is 2.18. The average Bonchev–Trinajstić information content (AvgIpc) is 2.41. The molecule has 0 amide bonds. The maximum Gasteiger partial charge on any atom is 0.336 e. The molecule has 1 aliphatic rings. The molecule has 0 unspecified atom stereocenters. The second-order valence-electron chi connectivity index (χ2n) is 4.27. The van der Waals surface area contributed by atoms with Gasteiger partial charge in [0.25, 0.3) is 5.56 Å². The lowest BCUT2D eigenvalue weighted by Gasteiger charge is -2.20. The Morgan fingerprint density at radius 3 is 2.47 bits per heavy atom. The van der Waals surface area contributed by atoms with E-state index in [9.17, 15) is 14.7 Å². The van der Waals surface area contributed by atoms with E-state index in [0.29, 0.717) is 35.6 Å². The maximum absolute atomic E-state index is 11.8. The number of carbonyl (C=O) groups is 1. The highest BCUT2D eigenvalue weighted by molar-refractivity contribution is 6.03. The van der Waals surface area contributed by atoms with E-state index in [-0.39, 0.29) is 11.1 Å². The van der Waals surface area contributed by atoms with Crippen molar-refractivity contribution in [1.29, 1.82) is 0 Å². The van der Waals surface area contributed by atoms with Gasteiger partial charge in [0.05, 0.1) is 11.1 Å². The molecule has 0 fully saturated rings. The zero-order valence-corrected chi connectivity index (χ0v) is 10.2. The Morgan fingerprint density at radius 1 is 1.21 bits per heavy atom. The number of carboxylic acids is 1. The first kappa shape index (κ1) is 11.6. The Balaban J connectivity index is 2.42. The molecule has 0 spiro atoms. The van der Waals surface area contributed by atoms with Crippen molar-refractivity contribution in [2.24, 2.45) is 7.05 Å². The summed E-state index contributed by atoms with van der Waals surface area (Å²) in [5.74, 6) is -0.115. The van der Waals surface area contributed by atoms with Crippen LogP contribution in [0.3, 0.4) is 0 Å². The van der Waals surface area contributed by atoms with Gasteiger partial charge in [-0.2, -0.15) is 0 Å². The summed E-state index contributed by atoms with van der Waals surface area (Å²) >= 11 is 0. The van der Waals surface area contributed by atoms with Crippen molar-refractivity contribution in [3.8, 4) is 11.5 Å². The van der Waals surface area contributed by atoms with Crippen LogP contribution in [0.4, 0.5) is 0 Å². The van der Waals surface area contributed by atoms with E-state index in [1.54, 1.807) is 19.2 Å². The van der Waals surface area contributed by atoms with E-state index >= 15 is 0 Å². The topological polar surface area (TPSA) is 77.8 Å². The molecule has 1 aromatic carbocycles. The predicted molar refractivity (Wildman–Crippen MR) is 67.1 cm³/mol. The third-order valence-electron chi connectivity index (χ3n) is 3.14. The summed E-state index contributed by atoms with van der Waals surface area (Å²) in [6.07, 6.45) is 0. The van der Waals surface area contributed by atoms with Gasteiger partial charge >= 0.3 is 5.97 Å². The summed E-state index contributed by atoms with van der Waals surface area (Å²) < 4.78 is 12.3. The van der Waals surface area contributed by atoms with Gasteiger partial charge in [0, 0.05) is 24.6 Å². The highest BCUT2D eigenvalue weighted by Crippen LogP contribution is 2.35. The molecule has 98 valence electrons. The molecule has 6 nitrogen and oxygen atoms in total. The third kappa shape index (κ3) is 1.72. The van der Waals surface area contributed by atoms with Crippen LogP contribution in [0.25, 0.3) is 10.9 Å². The zero-order chi connectivity index (χ0) is 13.6. The molecule has 1 aliphatic heterocycles. The van der Waals surface area contributed by atoms with Crippen LogP contribution in [-0.4, -0.2) is 28.9 Å². The van der Waals surface area contributed by atoms with Gasteiger partial charge in [0.1, 0.15) is 13.2 Å². The lowest BCUT2D eigenvalue weighted by atomic mass is 10.1. The minimum Gasteiger partial charge on any atom is -0.486 e. The van der Waals surface area contributed by atoms with Crippen molar-refractivity contribution in [1.82, 2.24) is 4.57 Å². The molecule has 2 heterocycles. The normalized spacial score (nSPS) is 13.5. The molecule has 0 saturated heterocycles. The van der Waals surface area contributed by atoms with Gasteiger partial charge in [-0.05, 0) is 6.07 Å². The Hall–Kier alpha value is -2.50. The van der Waals surface area contributed by atoms with Crippen molar-refractivity contribution in [3.05, 3.63) is 34.1 Å². The molecule has 3 rings (SSSR count). The van der Waals surface area contributed by atoms with E-state index in [0.717, 1.165) is 6.07 Å². The predicted octanol–water partition coefficient (Wildman–Crippen LogP) is 1.01. The van der Waals surface area contributed by atoms with E-state index in [1.165, 1.54) is 4.57 Å². The summed E-state index contributed by atoms with van der Waals surface area (Å²) in [7, 11) is 1.59. The van der Waals surface area contributed by atoms with Gasteiger partial charge in [-0.1, -0.05) is 0 Å². The summed E-state index contributed by atoms with van der Waals surface area (Å²) in [4.78, 5) is 23.0. The molecule has 1 N–H and O–H groups in total. The molecular weight excluding hydrogens is 250 g/mol. The molecule has 0 bridgehead atoms. The van der Waals surface area contributed by atoms with Crippen molar-refractivity contribution in [2.45, 2.75) is 0 Å². The first-order valence-electron chi connectivity index (χ1n) is 5.74. The maximum atomic E-state index is 11.8. The summed E-state index contributed by atoms with van der Waals surface area (Å²) in [6.45, 7) is 0.859. The number of aryl methyl sites for hydroxylation is 1. The van der Waals surface area contributed by atoms with Crippen LogP contribution in [0.1, 0.15) is 10.4 Å². The molecular formula is C13H11NO5. The number of hydrogen-bond donors (Lipinski definition) is 1. The number of benzene rings is 1. The van der Waals surface area contributed by atoms with Crippen molar-refractivity contribution in [2.75, 3.05) is 13.2 Å². The van der Waals surface area contributed by atoms with Gasteiger partial charge in [-0.3, -0.25) is 4.79 Å². The van der Waals surface area contributed by atoms with Gasteiger partial charge < -0.3 is 19.1 Å². The fourth-order valence-electron chi connectivity index (χ4n) is 2.16. The first-order chi connectivity index (χ1) is 9.08. The molecule has 0 radical (unpaired) electrons. The SMILES string of the molecule is Cn1c(=O)cc(C(=O)O)c2cc3c(cc21)OCCO3. The van der Waals surface area contributed by atoms with Crippen molar-refractivity contribution in [3.63, 3.8) is 0 Å².